The van der Waals surface area contributed by atoms with Crippen molar-refractivity contribution in [2.45, 2.75) is 26.7 Å². The summed E-state index contributed by atoms with van der Waals surface area (Å²) in [5.74, 6) is 0.738. The minimum absolute atomic E-state index is 0.249. The number of benzene rings is 1. The molecule has 0 aliphatic heterocycles. The summed E-state index contributed by atoms with van der Waals surface area (Å²) in [5, 5.41) is 4.73. The van der Waals surface area contributed by atoms with E-state index in [0.717, 1.165) is 36.5 Å². The monoisotopic (exact) mass is 276 g/mol. The topological polar surface area (TPSA) is 24.9 Å². The maximum Gasteiger partial charge on any atom is 0.0722 e. The van der Waals surface area contributed by atoms with Crippen LogP contribution < -0.4 is 5.32 Å². The molecule has 1 aromatic carbocycles. The molecule has 0 saturated carbocycles. The molecule has 1 aromatic heterocycles. The normalized spacial score (nSPS) is 11.7. The van der Waals surface area contributed by atoms with Crippen LogP contribution in [0.5, 0.6) is 0 Å². The smallest absolute Gasteiger partial charge is 0.0722 e. The third-order valence-electron chi connectivity index (χ3n) is 3.39. The van der Waals surface area contributed by atoms with Gasteiger partial charge in [-0.05, 0) is 30.4 Å². The second kappa shape index (κ2) is 6.25. The van der Waals surface area contributed by atoms with Crippen molar-refractivity contribution in [3.05, 3.63) is 36.5 Å². The fraction of sp³-hybridized carbons (Fsp3) is 0.438. The number of alkyl halides is 1. The largest absolute Gasteiger partial charge is 0.384 e. The molecule has 0 unspecified atom stereocenters. The van der Waals surface area contributed by atoms with Crippen LogP contribution in [0, 0.1) is 5.41 Å². The van der Waals surface area contributed by atoms with E-state index in [4.69, 9.17) is 11.6 Å². The summed E-state index contributed by atoms with van der Waals surface area (Å²) in [7, 11) is 0. The Morgan fingerprint density at radius 3 is 2.79 bits per heavy atom. The molecule has 2 aromatic rings. The van der Waals surface area contributed by atoms with E-state index in [-0.39, 0.29) is 5.41 Å². The van der Waals surface area contributed by atoms with Crippen molar-refractivity contribution in [1.29, 1.82) is 0 Å². The molecule has 1 heterocycles. The molecule has 0 atom stereocenters. The number of nitrogens with zero attached hydrogens (tertiary/aromatic N) is 1. The van der Waals surface area contributed by atoms with Crippen molar-refractivity contribution < 1.29 is 0 Å². The van der Waals surface area contributed by atoms with Gasteiger partial charge in [0.05, 0.1) is 5.52 Å². The number of hydrogen-bond donors (Lipinski definition) is 1. The van der Waals surface area contributed by atoms with Gasteiger partial charge in [0.15, 0.2) is 0 Å². The summed E-state index contributed by atoms with van der Waals surface area (Å²) >= 11 is 5.77. The molecule has 1 N–H and O–H groups in total. The molecule has 102 valence electrons. The zero-order valence-corrected chi connectivity index (χ0v) is 12.4. The quantitative estimate of drug-likeness (QED) is 0.774. The van der Waals surface area contributed by atoms with Gasteiger partial charge < -0.3 is 5.32 Å². The number of hydrogen-bond acceptors (Lipinski definition) is 2. The Labute approximate surface area is 120 Å². The van der Waals surface area contributed by atoms with E-state index in [1.807, 2.05) is 30.5 Å². The number of anilines is 1. The van der Waals surface area contributed by atoms with Gasteiger partial charge in [-0.2, -0.15) is 0 Å². The average molecular weight is 277 g/mol. The maximum absolute atomic E-state index is 5.77. The zero-order valence-electron chi connectivity index (χ0n) is 11.6. The molecular weight excluding hydrogens is 256 g/mol. The first-order valence-electron chi connectivity index (χ1n) is 6.76. The fourth-order valence-corrected chi connectivity index (χ4v) is 2.35. The third kappa shape index (κ3) is 3.84. The lowest BCUT2D eigenvalue weighted by Gasteiger charge is -2.25. The average Bonchev–Trinajstić information content (AvgIpc) is 2.43. The van der Waals surface area contributed by atoms with Crippen LogP contribution in [0.2, 0.25) is 0 Å². The SMILES string of the molecule is CC(C)(CCCCl)CNc1ccnc2ccccc12. The van der Waals surface area contributed by atoms with Crippen LogP contribution in [0.4, 0.5) is 5.69 Å². The summed E-state index contributed by atoms with van der Waals surface area (Å²) in [4.78, 5) is 4.38. The summed E-state index contributed by atoms with van der Waals surface area (Å²) in [6.07, 6.45) is 4.05. The molecule has 0 bridgehead atoms. The van der Waals surface area contributed by atoms with Crippen molar-refractivity contribution >= 4 is 28.2 Å². The van der Waals surface area contributed by atoms with Gasteiger partial charge >= 0.3 is 0 Å². The van der Waals surface area contributed by atoms with E-state index >= 15 is 0 Å². The van der Waals surface area contributed by atoms with Crippen LogP contribution in [0.3, 0.4) is 0 Å². The Morgan fingerprint density at radius 2 is 2.00 bits per heavy atom. The van der Waals surface area contributed by atoms with Gasteiger partial charge in [-0.15, -0.1) is 11.6 Å². The molecule has 0 radical (unpaired) electrons. The number of aromatic nitrogens is 1. The summed E-state index contributed by atoms with van der Waals surface area (Å²) < 4.78 is 0. The second-order valence-corrected chi connectivity index (χ2v) is 6.06. The molecule has 0 fully saturated rings. The van der Waals surface area contributed by atoms with Gasteiger partial charge in [-0.1, -0.05) is 32.0 Å². The van der Waals surface area contributed by atoms with Crippen LogP contribution in [0.15, 0.2) is 36.5 Å². The van der Waals surface area contributed by atoms with Gasteiger partial charge in [0.1, 0.15) is 0 Å². The first-order valence-corrected chi connectivity index (χ1v) is 7.29. The van der Waals surface area contributed by atoms with E-state index in [9.17, 15) is 0 Å². The number of para-hydroxylation sites is 1. The van der Waals surface area contributed by atoms with Crippen molar-refractivity contribution in [2.75, 3.05) is 17.7 Å². The number of fused-ring (bicyclic) bond motifs is 1. The molecule has 0 spiro atoms. The number of nitrogens with one attached hydrogen (secondary N) is 1. The van der Waals surface area contributed by atoms with Gasteiger partial charge in [0, 0.05) is 29.7 Å². The molecule has 3 heteroatoms. The van der Waals surface area contributed by atoms with Crippen LogP contribution in [-0.4, -0.2) is 17.4 Å². The lowest BCUT2D eigenvalue weighted by molar-refractivity contribution is 0.355. The minimum atomic E-state index is 0.249. The lowest BCUT2D eigenvalue weighted by atomic mass is 9.88. The second-order valence-electron chi connectivity index (χ2n) is 5.69. The molecule has 2 rings (SSSR count). The molecule has 0 aliphatic carbocycles. The fourth-order valence-electron chi connectivity index (χ4n) is 2.22. The Hall–Kier alpha value is -1.28. The van der Waals surface area contributed by atoms with Crippen LogP contribution in [-0.2, 0) is 0 Å². The van der Waals surface area contributed by atoms with Gasteiger partial charge in [0.2, 0.25) is 0 Å². The highest BCUT2D eigenvalue weighted by Crippen LogP contribution is 2.26. The number of pyridine rings is 1. The van der Waals surface area contributed by atoms with Crippen molar-refractivity contribution in [3.8, 4) is 0 Å². The first kappa shape index (κ1) is 14.1. The number of halogens is 1. The van der Waals surface area contributed by atoms with Crippen molar-refractivity contribution in [3.63, 3.8) is 0 Å². The van der Waals surface area contributed by atoms with E-state index < -0.39 is 0 Å². The highest BCUT2D eigenvalue weighted by Gasteiger charge is 2.17. The van der Waals surface area contributed by atoms with Crippen LogP contribution >= 0.6 is 11.6 Å². The molecule has 19 heavy (non-hydrogen) atoms. The maximum atomic E-state index is 5.77. The lowest BCUT2D eigenvalue weighted by Crippen LogP contribution is -2.23. The van der Waals surface area contributed by atoms with Gasteiger partial charge in [-0.3, -0.25) is 4.98 Å². The molecule has 0 aliphatic rings. The molecular formula is C16H21ClN2. The first-order chi connectivity index (χ1) is 9.12. The van der Waals surface area contributed by atoms with Crippen LogP contribution in [0.25, 0.3) is 10.9 Å². The third-order valence-corrected chi connectivity index (χ3v) is 3.66. The molecule has 0 saturated heterocycles. The summed E-state index contributed by atoms with van der Waals surface area (Å²) in [5.41, 5.74) is 2.44. The minimum Gasteiger partial charge on any atom is -0.384 e. The van der Waals surface area contributed by atoms with E-state index in [1.54, 1.807) is 0 Å². The van der Waals surface area contributed by atoms with Crippen molar-refractivity contribution in [2.24, 2.45) is 5.41 Å². The van der Waals surface area contributed by atoms with E-state index in [0.29, 0.717) is 0 Å². The van der Waals surface area contributed by atoms with Gasteiger partial charge in [0.25, 0.3) is 0 Å². The Balaban J connectivity index is 2.09. The molecule has 0 amide bonds. The Morgan fingerprint density at radius 1 is 1.21 bits per heavy atom. The Kier molecular flexibility index (Phi) is 4.65. The Bertz CT molecular complexity index is 532. The predicted octanol–water partition coefficient (Wildman–Crippen LogP) is 4.69. The van der Waals surface area contributed by atoms with Crippen LogP contribution in [0.1, 0.15) is 26.7 Å². The summed E-state index contributed by atoms with van der Waals surface area (Å²) in [6.45, 7) is 5.49. The predicted molar refractivity (Wildman–Crippen MR) is 84.0 cm³/mol. The highest BCUT2D eigenvalue weighted by molar-refractivity contribution is 6.17. The number of rotatable bonds is 6. The van der Waals surface area contributed by atoms with Gasteiger partial charge in [-0.25, -0.2) is 0 Å². The van der Waals surface area contributed by atoms with E-state index in [2.05, 4.69) is 30.2 Å². The molecule has 2 nitrogen and oxygen atoms in total. The van der Waals surface area contributed by atoms with Crippen molar-refractivity contribution in [1.82, 2.24) is 4.98 Å². The zero-order chi connectivity index (χ0) is 13.7. The highest BCUT2D eigenvalue weighted by atomic mass is 35.5. The summed E-state index contributed by atoms with van der Waals surface area (Å²) in [6, 6.07) is 10.3. The standard InChI is InChI=1S/C16H21ClN2/c1-16(2,9-5-10-17)12-19-15-8-11-18-14-7-4-3-6-13(14)15/h3-4,6-8,11H,5,9-10,12H2,1-2H3,(H,18,19). The van der Waals surface area contributed by atoms with E-state index in [1.165, 1.54) is 5.39 Å².